The topological polar surface area (TPSA) is 69.3 Å². The number of aromatic amines is 1. The molecule has 0 spiro atoms. The van der Waals surface area contributed by atoms with Gasteiger partial charge in [-0.05, 0) is 32.3 Å². The number of nitrogens with one attached hydrogen (secondary N) is 1. The Morgan fingerprint density at radius 2 is 1.88 bits per heavy atom. The lowest BCUT2D eigenvalue weighted by atomic mass is 10.0. The fourth-order valence-electron chi connectivity index (χ4n) is 3.31. The summed E-state index contributed by atoms with van der Waals surface area (Å²) in [5, 5.41) is 8.55. The first-order valence-electron chi connectivity index (χ1n) is 8.36. The van der Waals surface area contributed by atoms with Crippen molar-refractivity contribution in [1.82, 2.24) is 15.1 Å². The summed E-state index contributed by atoms with van der Waals surface area (Å²) in [4.78, 5) is 28.1. The maximum absolute atomic E-state index is 12.7. The van der Waals surface area contributed by atoms with E-state index in [1.54, 1.807) is 6.20 Å². The van der Waals surface area contributed by atoms with E-state index in [2.05, 4.69) is 50.4 Å². The maximum atomic E-state index is 12.7. The fourth-order valence-corrected chi connectivity index (χ4v) is 3.75. The summed E-state index contributed by atoms with van der Waals surface area (Å²) < 4.78 is 0.405. The van der Waals surface area contributed by atoms with Crippen molar-refractivity contribution in [3.63, 3.8) is 0 Å². The van der Waals surface area contributed by atoms with Gasteiger partial charge in [0.15, 0.2) is 0 Å². The molecule has 0 atom stereocenters. The molecule has 1 saturated heterocycles. The minimum atomic E-state index is -0.298. The van der Waals surface area contributed by atoms with E-state index in [0.29, 0.717) is 29.8 Å². The number of carbonyl (C=O) groups excluding carboxylic acids is 1. The van der Waals surface area contributed by atoms with Crippen LogP contribution in [-0.4, -0.2) is 40.6 Å². The zero-order valence-corrected chi connectivity index (χ0v) is 15.6. The Labute approximate surface area is 158 Å². The van der Waals surface area contributed by atoms with E-state index in [4.69, 9.17) is 0 Å². The highest BCUT2D eigenvalue weighted by Gasteiger charge is 2.26. The van der Waals surface area contributed by atoms with Crippen molar-refractivity contribution < 1.29 is 4.79 Å². The maximum Gasteiger partial charge on any atom is 0.280 e. The Morgan fingerprint density at radius 3 is 2.73 bits per heavy atom. The standard InChI is InChI=1S/C19H17BrN4O2/c20-18-16(10-21-22-19(18)26)23-8-9-24(17(25)12-23)11-14-6-3-5-13-4-1-2-7-15(13)14/h1-7,10H,8-9,11-12H2,(H,22,26). The van der Waals surface area contributed by atoms with Crippen molar-refractivity contribution in [3.8, 4) is 0 Å². The van der Waals surface area contributed by atoms with Gasteiger partial charge in [0.25, 0.3) is 5.56 Å². The normalized spacial score (nSPS) is 14.9. The van der Waals surface area contributed by atoms with Crippen LogP contribution in [0.15, 0.2) is 57.9 Å². The summed E-state index contributed by atoms with van der Waals surface area (Å²) in [6, 6.07) is 14.4. The number of aromatic nitrogens is 2. The molecule has 1 aliphatic rings. The molecule has 7 heteroatoms. The van der Waals surface area contributed by atoms with Gasteiger partial charge >= 0.3 is 0 Å². The molecule has 0 unspecified atom stereocenters. The average molecular weight is 413 g/mol. The molecule has 6 nitrogen and oxygen atoms in total. The Bertz CT molecular complexity index is 1030. The molecule has 0 radical (unpaired) electrons. The third-order valence-electron chi connectivity index (χ3n) is 4.68. The van der Waals surface area contributed by atoms with Gasteiger partial charge in [-0.15, -0.1) is 0 Å². The molecule has 26 heavy (non-hydrogen) atoms. The summed E-state index contributed by atoms with van der Waals surface area (Å²) in [5.41, 5.74) is 1.49. The Balaban J connectivity index is 1.53. The van der Waals surface area contributed by atoms with E-state index in [-0.39, 0.29) is 18.0 Å². The van der Waals surface area contributed by atoms with Gasteiger partial charge in [-0.3, -0.25) is 9.59 Å². The average Bonchev–Trinajstić information content (AvgIpc) is 2.66. The van der Waals surface area contributed by atoms with Crippen molar-refractivity contribution in [2.45, 2.75) is 6.54 Å². The van der Waals surface area contributed by atoms with Crippen LogP contribution in [0.1, 0.15) is 5.56 Å². The van der Waals surface area contributed by atoms with E-state index >= 15 is 0 Å². The number of hydrogen-bond acceptors (Lipinski definition) is 4. The van der Waals surface area contributed by atoms with Gasteiger partial charge in [-0.2, -0.15) is 5.10 Å². The van der Waals surface area contributed by atoms with E-state index in [0.717, 1.165) is 5.56 Å². The molecule has 1 amide bonds. The lowest BCUT2D eigenvalue weighted by Gasteiger charge is -2.35. The molecular weight excluding hydrogens is 396 g/mol. The van der Waals surface area contributed by atoms with Crippen molar-refractivity contribution in [2.24, 2.45) is 0 Å². The molecule has 4 rings (SSSR count). The Morgan fingerprint density at radius 1 is 1.08 bits per heavy atom. The number of fused-ring (bicyclic) bond motifs is 1. The van der Waals surface area contributed by atoms with Gasteiger partial charge in [-0.1, -0.05) is 42.5 Å². The zero-order valence-electron chi connectivity index (χ0n) is 14.0. The van der Waals surface area contributed by atoms with Crippen molar-refractivity contribution in [3.05, 3.63) is 69.1 Å². The minimum Gasteiger partial charge on any atom is -0.358 e. The van der Waals surface area contributed by atoms with Gasteiger partial charge in [0, 0.05) is 19.6 Å². The Kier molecular flexibility index (Phi) is 4.46. The highest BCUT2D eigenvalue weighted by molar-refractivity contribution is 9.10. The predicted octanol–water partition coefficient (Wildman–Crippen LogP) is 2.53. The molecule has 0 bridgehead atoms. The van der Waals surface area contributed by atoms with Crippen LogP contribution in [0.4, 0.5) is 5.69 Å². The highest BCUT2D eigenvalue weighted by Crippen LogP contribution is 2.24. The van der Waals surface area contributed by atoms with Gasteiger partial charge < -0.3 is 9.80 Å². The van der Waals surface area contributed by atoms with E-state index < -0.39 is 0 Å². The van der Waals surface area contributed by atoms with Crippen LogP contribution in [0.2, 0.25) is 0 Å². The molecular formula is C19H17BrN4O2. The minimum absolute atomic E-state index is 0.0383. The number of hydrogen-bond donors (Lipinski definition) is 1. The molecule has 2 aromatic carbocycles. The summed E-state index contributed by atoms with van der Waals surface area (Å²) in [5.74, 6) is 0.0383. The second-order valence-corrected chi connectivity index (χ2v) is 7.07. The second kappa shape index (κ2) is 6.92. The molecule has 132 valence electrons. The van der Waals surface area contributed by atoms with Crippen LogP contribution in [0, 0.1) is 0 Å². The van der Waals surface area contributed by atoms with E-state index in [1.807, 2.05) is 28.0 Å². The number of rotatable bonds is 3. The van der Waals surface area contributed by atoms with E-state index in [9.17, 15) is 9.59 Å². The van der Waals surface area contributed by atoms with Crippen LogP contribution >= 0.6 is 15.9 Å². The first-order valence-corrected chi connectivity index (χ1v) is 9.15. The molecule has 2 heterocycles. The molecule has 1 aliphatic heterocycles. The first-order chi connectivity index (χ1) is 12.6. The summed E-state index contributed by atoms with van der Waals surface area (Å²) in [7, 11) is 0. The molecule has 1 N–H and O–H groups in total. The summed E-state index contributed by atoms with van der Waals surface area (Å²) in [6.45, 7) is 2.07. The SMILES string of the molecule is O=C1CN(c2cn[nH]c(=O)c2Br)CCN1Cc1cccc2ccccc12. The van der Waals surface area contributed by atoms with Crippen molar-refractivity contribution in [1.29, 1.82) is 0 Å². The number of amides is 1. The van der Waals surface area contributed by atoms with Gasteiger partial charge in [-0.25, -0.2) is 5.10 Å². The van der Waals surface area contributed by atoms with Crippen LogP contribution in [0.5, 0.6) is 0 Å². The third kappa shape index (κ3) is 3.10. The number of H-pyrrole nitrogens is 1. The highest BCUT2D eigenvalue weighted by atomic mass is 79.9. The van der Waals surface area contributed by atoms with Crippen LogP contribution in [-0.2, 0) is 11.3 Å². The predicted molar refractivity (Wildman–Crippen MR) is 104 cm³/mol. The lowest BCUT2D eigenvalue weighted by molar-refractivity contribution is -0.131. The second-order valence-electron chi connectivity index (χ2n) is 6.27. The number of nitrogens with zero attached hydrogens (tertiary/aromatic N) is 3. The fraction of sp³-hybridized carbons (Fsp3) is 0.211. The largest absolute Gasteiger partial charge is 0.358 e. The monoisotopic (exact) mass is 412 g/mol. The smallest absolute Gasteiger partial charge is 0.280 e. The number of piperazine rings is 1. The van der Waals surface area contributed by atoms with Crippen molar-refractivity contribution in [2.75, 3.05) is 24.5 Å². The van der Waals surface area contributed by atoms with Crippen LogP contribution in [0.25, 0.3) is 10.8 Å². The van der Waals surface area contributed by atoms with Crippen LogP contribution < -0.4 is 10.5 Å². The van der Waals surface area contributed by atoms with Gasteiger partial charge in [0.1, 0.15) is 4.47 Å². The quantitative estimate of drug-likeness (QED) is 0.717. The number of carbonyl (C=O) groups is 1. The van der Waals surface area contributed by atoms with E-state index in [1.165, 1.54) is 10.8 Å². The zero-order chi connectivity index (χ0) is 18.1. The van der Waals surface area contributed by atoms with Gasteiger partial charge in [0.2, 0.25) is 5.91 Å². The number of anilines is 1. The summed E-state index contributed by atoms with van der Waals surface area (Å²) in [6.07, 6.45) is 1.57. The molecule has 0 aliphatic carbocycles. The molecule has 1 fully saturated rings. The Hall–Kier alpha value is -2.67. The van der Waals surface area contributed by atoms with Gasteiger partial charge in [0.05, 0.1) is 18.4 Å². The first kappa shape index (κ1) is 16.8. The molecule has 3 aromatic rings. The third-order valence-corrected chi connectivity index (χ3v) is 5.44. The number of benzene rings is 2. The number of halogens is 1. The molecule has 1 aromatic heterocycles. The molecule has 0 saturated carbocycles. The lowest BCUT2D eigenvalue weighted by Crippen LogP contribution is -2.50. The van der Waals surface area contributed by atoms with Crippen molar-refractivity contribution >= 4 is 38.3 Å². The van der Waals surface area contributed by atoms with Crippen LogP contribution in [0.3, 0.4) is 0 Å². The summed E-state index contributed by atoms with van der Waals surface area (Å²) >= 11 is 3.28.